The first kappa shape index (κ1) is 21.3. The Morgan fingerprint density at radius 2 is 2.03 bits per heavy atom. The van der Waals surface area contributed by atoms with Gasteiger partial charge in [-0.3, -0.25) is 4.79 Å². The van der Waals surface area contributed by atoms with Crippen LogP contribution in [0.2, 0.25) is 0 Å². The van der Waals surface area contributed by atoms with E-state index in [1.54, 1.807) is 0 Å². The van der Waals surface area contributed by atoms with E-state index in [4.69, 9.17) is 4.74 Å². The summed E-state index contributed by atoms with van der Waals surface area (Å²) in [6, 6.07) is 8.04. The molecule has 2 atom stereocenters. The summed E-state index contributed by atoms with van der Waals surface area (Å²) >= 11 is 0. The molecule has 1 amide bonds. The predicted molar refractivity (Wildman–Crippen MR) is 118 cm³/mol. The van der Waals surface area contributed by atoms with E-state index < -0.39 is 5.82 Å². The monoisotopic (exact) mass is 427 g/mol. The topological polar surface area (TPSA) is 79.4 Å². The third-order valence-corrected chi connectivity index (χ3v) is 5.76. The maximum atomic E-state index is 14.8. The van der Waals surface area contributed by atoms with E-state index in [0.29, 0.717) is 31.5 Å². The minimum Gasteiger partial charge on any atom is -0.489 e. The number of nitrogens with zero attached hydrogens (tertiary/aromatic N) is 3. The van der Waals surface area contributed by atoms with E-state index in [1.807, 2.05) is 43.0 Å². The SMILES string of the molecule is CCCNc1ncnc(N2CCC(Oc3ccc(C(C)C(=O)NC4CC4)cc3)C2)c1F. The second-order valence-electron chi connectivity index (χ2n) is 8.33. The molecule has 166 valence electrons. The Bertz CT molecular complexity index is 903. The Balaban J connectivity index is 1.33. The molecule has 1 aromatic heterocycles. The molecule has 1 aliphatic heterocycles. The third kappa shape index (κ3) is 5.24. The van der Waals surface area contributed by atoms with Crippen molar-refractivity contribution in [3.63, 3.8) is 0 Å². The Morgan fingerprint density at radius 1 is 1.26 bits per heavy atom. The van der Waals surface area contributed by atoms with E-state index in [-0.39, 0.29) is 23.7 Å². The fourth-order valence-corrected chi connectivity index (χ4v) is 3.70. The molecule has 2 heterocycles. The molecule has 2 fully saturated rings. The van der Waals surface area contributed by atoms with Gasteiger partial charge in [0, 0.05) is 25.6 Å². The van der Waals surface area contributed by atoms with Gasteiger partial charge in [0.1, 0.15) is 18.2 Å². The molecule has 4 rings (SSSR count). The van der Waals surface area contributed by atoms with Crippen LogP contribution < -0.4 is 20.3 Å². The molecule has 2 aromatic rings. The fraction of sp³-hybridized carbons (Fsp3) is 0.522. The molecule has 8 heteroatoms. The molecule has 1 saturated heterocycles. The summed E-state index contributed by atoms with van der Waals surface area (Å²) in [5.74, 6) is 0.769. The molecule has 0 radical (unpaired) electrons. The smallest absolute Gasteiger partial charge is 0.227 e. The maximum absolute atomic E-state index is 14.8. The van der Waals surface area contributed by atoms with Gasteiger partial charge in [0.05, 0.1) is 12.5 Å². The lowest BCUT2D eigenvalue weighted by Gasteiger charge is -2.19. The van der Waals surface area contributed by atoms with Crippen molar-refractivity contribution in [1.29, 1.82) is 0 Å². The lowest BCUT2D eigenvalue weighted by atomic mass is 10.0. The fourth-order valence-electron chi connectivity index (χ4n) is 3.70. The van der Waals surface area contributed by atoms with Gasteiger partial charge in [-0.1, -0.05) is 19.1 Å². The van der Waals surface area contributed by atoms with Gasteiger partial charge in [-0.15, -0.1) is 0 Å². The molecule has 1 aromatic carbocycles. The highest BCUT2D eigenvalue weighted by molar-refractivity contribution is 5.83. The third-order valence-electron chi connectivity index (χ3n) is 5.76. The highest BCUT2D eigenvalue weighted by Crippen LogP contribution is 2.28. The zero-order valence-corrected chi connectivity index (χ0v) is 18.1. The number of benzene rings is 1. The summed E-state index contributed by atoms with van der Waals surface area (Å²) in [5, 5.41) is 6.05. The number of amides is 1. The lowest BCUT2D eigenvalue weighted by Crippen LogP contribution is -2.29. The van der Waals surface area contributed by atoms with Crippen molar-refractivity contribution in [2.45, 2.75) is 57.6 Å². The van der Waals surface area contributed by atoms with Crippen LogP contribution in [0, 0.1) is 5.82 Å². The van der Waals surface area contributed by atoms with Crippen molar-refractivity contribution in [1.82, 2.24) is 15.3 Å². The van der Waals surface area contributed by atoms with Gasteiger partial charge >= 0.3 is 0 Å². The first-order chi connectivity index (χ1) is 15.0. The van der Waals surface area contributed by atoms with E-state index in [1.165, 1.54) is 6.33 Å². The molecule has 2 N–H and O–H groups in total. The second-order valence-corrected chi connectivity index (χ2v) is 8.33. The highest BCUT2D eigenvalue weighted by atomic mass is 19.1. The van der Waals surface area contributed by atoms with Gasteiger partial charge in [-0.25, -0.2) is 9.97 Å². The number of anilines is 2. The number of hydrogen-bond acceptors (Lipinski definition) is 6. The molecule has 0 bridgehead atoms. The molecule has 0 spiro atoms. The number of hydrogen-bond donors (Lipinski definition) is 2. The Morgan fingerprint density at radius 3 is 2.74 bits per heavy atom. The summed E-state index contributed by atoms with van der Waals surface area (Å²) in [5.41, 5.74) is 0.966. The van der Waals surface area contributed by atoms with E-state index in [9.17, 15) is 9.18 Å². The average Bonchev–Trinajstić information content (AvgIpc) is 3.48. The van der Waals surface area contributed by atoms with Crippen LogP contribution in [-0.2, 0) is 4.79 Å². The molecule has 31 heavy (non-hydrogen) atoms. The van der Waals surface area contributed by atoms with Crippen LogP contribution in [0.25, 0.3) is 0 Å². The van der Waals surface area contributed by atoms with Crippen molar-refractivity contribution in [3.05, 3.63) is 42.0 Å². The van der Waals surface area contributed by atoms with Crippen molar-refractivity contribution in [2.24, 2.45) is 0 Å². The summed E-state index contributed by atoms with van der Waals surface area (Å²) in [6.07, 6.45) is 5.18. The largest absolute Gasteiger partial charge is 0.489 e. The van der Waals surface area contributed by atoms with Crippen LogP contribution in [0.3, 0.4) is 0 Å². The van der Waals surface area contributed by atoms with E-state index >= 15 is 0 Å². The second kappa shape index (κ2) is 9.49. The van der Waals surface area contributed by atoms with Gasteiger partial charge in [0.25, 0.3) is 0 Å². The number of nitrogens with one attached hydrogen (secondary N) is 2. The quantitative estimate of drug-likeness (QED) is 0.638. The Labute approximate surface area is 182 Å². The number of rotatable bonds is 9. The zero-order chi connectivity index (χ0) is 21.8. The van der Waals surface area contributed by atoms with Crippen molar-refractivity contribution < 1.29 is 13.9 Å². The van der Waals surface area contributed by atoms with E-state index in [2.05, 4.69) is 20.6 Å². The Kier molecular flexibility index (Phi) is 6.53. The molecular weight excluding hydrogens is 397 g/mol. The van der Waals surface area contributed by atoms with Gasteiger partial charge in [0.15, 0.2) is 11.6 Å². The first-order valence-corrected chi connectivity index (χ1v) is 11.1. The van der Waals surface area contributed by atoms with Crippen LogP contribution in [0.4, 0.5) is 16.0 Å². The minimum absolute atomic E-state index is 0.0529. The molecule has 2 aliphatic rings. The van der Waals surface area contributed by atoms with Gasteiger partial charge in [0.2, 0.25) is 11.7 Å². The van der Waals surface area contributed by atoms with E-state index in [0.717, 1.165) is 37.0 Å². The number of ether oxygens (including phenoxy) is 1. The summed E-state index contributed by atoms with van der Waals surface area (Å²) in [7, 11) is 0. The summed E-state index contributed by atoms with van der Waals surface area (Å²) in [4.78, 5) is 22.3. The number of carbonyl (C=O) groups excluding carboxylic acids is 1. The molecule has 1 saturated carbocycles. The van der Waals surface area contributed by atoms with Gasteiger partial charge in [-0.2, -0.15) is 4.39 Å². The normalized spacial score (nSPS) is 19.2. The maximum Gasteiger partial charge on any atom is 0.227 e. The minimum atomic E-state index is -0.417. The summed E-state index contributed by atoms with van der Waals surface area (Å²) < 4.78 is 20.9. The van der Waals surface area contributed by atoms with Gasteiger partial charge in [-0.05, 0) is 43.9 Å². The first-order valence-electron chi connectivity index (χ1n) is 11.1. The average molecular weight is 428 g/mol. The standard InChI is InChI=1S/C23H30FN5O2/c1-3-11-25-21-20(24)22(27-14-26-21)29-12-10-19(13-29)31-18-8-4-16(5-9-18)15(2)23(30)28-17-6-7-17/h4-5,8-9,14-15,17,19H,3,6-7,10-13H2,1-2H3,(H,28,30)(H,25,26,27). The molecular formula is C23H30FN5O2. The van der Waals surface area contributed by atoms with Crippen LogP contribution in [0.1, 0.15) is 51.0 Å². The van der Waals surface area contributed by atoms with Crippen molar-refractivity contribution in [2.75, 3.05) is 29.9 Å². The van der Waals surface area contributed by atoms with Crippen LogP contribution in [0.15, 0.2) is 30.6 Å². The molecule has 7 nitrogen and oxygen atoms in total. The highest BCUT2D eigenvalue weighted by Gasteiger charge is 2.29. The van der Waals surface area contributed by atoms with Crippen molar-refractivity contribution >= 4 is 17.5 Å². The van der Waals surface area contributed by atoms with Crippen LogP contribution >= 0.6 is 0 Å². The zero-order valence-electron chi connectivity index (χ0n) is 18.1. The number of halogens is 1. The molecule has 1 aliphatic carbocycles. The Hall–Kier alpha value is -2.90. The molecule has 2 unspecified atom stereocenters. The van der Waals surface area contributed by atoms with Gasteiger partial charge < -0.3 is 20.3 Å². The number of aromatic nitrogens is 2. The summed E-state index contributed by atoms with van der Waals surface area (Å²) in [6.45, 7) is 5.83. The van der Waals surface area contributed by atoms with Crippen LogP contribution in [-0.4, -0.2) is 47.7 Å². The van der Waals surface area contributed by atoms with Crippen LogP contribution in [0.5, 0.6) is 5.75 Å². The predicted octanol–water partition coefficient (Wildman–Crippen LogP) is 3.48. The number of carbonyl (C=O) groups is 1. The van der Waals surface area contributed by atoms with Crippen molar-refractivity contribution in [3.8, 4) is 5.75 Å². The lowest BCUT2D eigenvalue weighted by molar-refractivity contribution is -0.122.